The first-order valence-corrected chi connectivity index (χ1v) is 15.8. The first-order chi connectivity index (χ1) is 11.7. The summed E-state index contributed by atoms with van der Waals surface area (Å²) in [5.41, 5.74) is -0.788. The van der Waals surface area contributed by atoms with E-state index in [2.05, 4.69) is 67.7 Å². The molecule has 1 amide bonds. The van der Waals surface area contributed by atoms with Gasteiger partial charge in [0.15, 0.2) is 16.6 Å². The Morgan fingerprint density at radius 1 is 1.15 bits per heavy atom. The van der Waals surface area contributed by atoms with Gasteiger partial charge in [-0.15, -0.1) is 0 Å². The molecule has 158 valence electrons. The fourth-order valence-electron chi connectivity index (χ4n) is 3.41. The highest BCUT2D eigenvalue weighted by Crippen LogP contribution is 2.53. The summed E-state index contributed by atoms with van der Waals surface area (Å²) in [6.07, 6.45) is -0.337. The minimum atomic E-state index is -2.17. The molecule has 0 aromatic heterocycles. The molecule has 0 aliphatic carbocycles. The Balaban J connectivity index is 3.29. The SMILES string of the molecule is C[C@H](O[Si](C)(C)C(C)(C)C)[C@@]1(C)C(=O)N([Si](C)(C)C(C)(C)C)C1CC(=O)O. The monoisotopic (exact) mass is 415 g/mol. The lowest BCUT2D eigenvalue weighted by molar-refractivity contribution is -0.174. The van der Waals surface area contributed by atoms with Gasteiger partial charge in [-0.05, 0) is 37.0 Å². The molecular weight excluding hydrogens is 374 g/mol. The number of carboxylic acid groups (broad SMARTS) is 1. The number of β-lactam (4-membered cyclic amide) rings is 1. The van der Waals surface area contributed by atoms with Crippen molar-refractivity contribution in [1.82, 2.24) is 4.57 Å². The predicted octanol–water partition coefficient (Wildman–Crippen LogP) is 5.09. The minimum absolute atomic E-state index is 0.0278. The maximum absolute atomic E-state index is 13.4. The Morgan fingerprint density at radius 2 is 1.59 bits per heavy atom. The van der Waals surface area contributed by atoms with Crippen molar-refractivity contribution in [3.8, 4) is 0 Å². The number of rotatable bonds is 6. The number of amides is 1. The zero-order valence-electron chi connectivity index (χ0n) is 19.5. The zero-order chi connectivity index (χ0) is 21.8. The van der Waals surface area contributed by atoms with Crippen LogP contribution in [0, 0.1) is 5.41 Å². The van der Waals surface area contributed by atoms with Gasteiger partial charge in [0.1, 0.15) is 0 Å². The van der Waals surface area contributed by atoms with Crippen LogP contribution in [-0.4, -0.2) is 50.2 Å². The van der Waals surface area contributed by atoms with Crippen LogP contribution in [0.15, 0.2) is 0 Å². The molecule has 27 heavy (non-hydrogen) atoms. The first-order valence-electron chi connectivity index (χ1n) is 9.94. The molecule has 0 radical (unpaired) electrons. The molecule has 1 fully saturated rings. The first kappa shape index (κ1) is 24.4. The van der Waals surface area contributed by atoms with Crippen LogP contribution in [0.2, 0.25) is 36.3 Å². The molecule has 0 aromatic rings. The molecule has 0 spiro atoms. The van der Waals surface area contributed by atoms with Crippen molar-refractivity contribution in [1.29, 1.82) is 0 Å². The fourth-order valence-corrected chi connectivity index (χ4v) is 7.50. The summed E-state index contributed by atoms with van der Waals surface area (Å²) in [6.45, 7) is 25.5. The Hall–Kier alpha value is -0.666. The van der Waals surface area contributed by atoms with Crippen molar-refractivity contribution in [2.75, 3.05) is 0 Å². The summed E-state index contributed by atoms with van der Waals surface area (Å²) in [7, 11) is -4.24. The molecule has 0 bridgehead atoms. The number of carboxylic acids is 1. The van der Waals surface area contributed by atoms with Gasteiger partial charge in [0.05, 0.1) is 24.0 Å². The second kappa shape index (κ2) is 6.99. The summed E-state index contributed by atoms with van der Waals surface area (Å²) >= 11 is 0. The van der Waals surface area contributed by atoms with Gasteiger partial charge < -0.3 is 14.1 Å². The van der Waals surface area contributed by atoms with Crippen LogP contribution >= 0.6 is 0 Å². The quantitative estimate of drug-likeness (QED) is 0.484. The molecular formula is C20H41NO4Si2. The van der Waals surface area contributed by atoms with Crippen LogP contribution in [0.3, 0.4) is 0 Å². The third kappa shape index (κ3) is 4.05. The Kier molecular flexibility index (Phi) is 6.31. The molecule has 5 nitrogen and oxygen atoms in total. The summed E-state index contributed by atoms with van der Waals surface area (Å²) in [5, 5.41) is 9.54. The van der Waals surface area contributed by atoms with E-state index in [4.69, 9.17) is 4.43 Å². The molecule has 0 saturated carbocycles. The Morgan fingerprint density at radius 3 is 1.93 bits per heavy atom. The lowest BCUT2D eigenvalue weighted by atomic mass is 9.69. The summed E-state index contributed by atoms with van der Waals surface area (Å²) in [6, 6.07) is -0.317. The van der Waals surface area contributed by atoms with E-state index in [1.54, 1.807) is 0 Å². The highest BCUT2D eigenvalue weighted by molar-refractivity contribution is 6.80. The molecule has 0 aromatic carbocycles. The lowest BCUT2D eigenvalue weighted by Gasteiger charge is -2.64. The van der Waals surface area contributed by atoms with Crippen LogP contribution in [0.5, 0.6) is 0 Å². The van der Waals surface area contributed by atoms with Crippen molar-refractivity contribution in [2.24, 2.45) is 5.41 Å². The van der Waals surface area contributed by atoms with E-state index in [0.29, 0.717) is 0 Å². The van der Waals surface area contributed by atoms with Gasteiger partial charge in [-0.1, -0.05) is 54.6 Å². The molecule has 1 aliphatic heterocycles. The van der Waals surface area contributed by atoms with E-state index in [0.717, 1.165) is 0 Å². The van der Waals surface area contributed by atoms with Gasteiger partial charge >= 0.3 is 5.97 Å². The van der Waals surface area contributed by atoms with Gasteiger partial charge in [0.25, 0.3) is 0 Å². The standard InChI is InChI=1S/C20H41NO4Si2/c1-14(25-27(11,12)19(5,6)7)20(8)15(13-16(22)23)21(17(20)24)26(9,10)18(2,3)4/h14-15H,13H2,1-12H3,(H,22,23)/t14-,15?,20+/m0/s1. The highest BCUT2D eigenvalue weighted by atomic mass is 28.4. The van der Waals surface area contributed by atoms with E-state index in [9.17, 15) is 14.7 Å². The minimum Gasteiger partial charge on any atom is -0.481 e. The number of carbonyl (C=O) groups excluding carboxylic acids is 1. The van der Waals surface area contributed by atoms with Crippen molar-refractivity contribution in [3.05, 3.63) is 0 Å². The van der Waals surface area contributed by atoms with Crippen LogP contribution in [0.4, 0.5) is 0 Å². The molecule has 1 aliphatic rings. The van der Waals surface area contributed by atoms with E-state index in [-0.39, 0.29) is 34.6 Å². The molecule has 1 heterocycles. The Labute approximate surface area is 168 Å². The maximum Gasteiger partial charge on any atom is 0.305 e. The smallest absolute Gasteiger partial charge is 0.305 e. The lowest BCUT2D eigenvalue weighted by Crippen LogP contribution is -2.80. The third-order valence-electron chi connectivity index (χ3n) is 7.61. The van der Waals surface area contributed by atoms with Gasteiger partial charge in [-0.25, -0.2) is 0 Å². The molecule has 1 N–H and O–H groups in total. The van der Waals surface area contributed by atoms with E-state index >= 15 is 0 Å². The average Bonchev–Trinajstić information content (AvgIpc) is 2.42. The molecule has 7 heteroatoms. The maximum atomic E-state index is 13.4. The summed E-state index contributed by atoms with van der Waals surface area (Å²) < 4.78 is 8.49. The normalized spacial score (nSPS) is 26.0. The number of hydrogen-bond acceptors (Lipinski definition) is 3. The van der Waals surface area contributed by atoms with Crippen molar-refractivity contribution >= 4 is 28.4 Å². The number of nitrogens with zero attached hydrogens (tertiary/aromatic N) is 1. The second-order valence-corrected chi connectivity index (χ2v) is 21.3. The molecule has 1 rings (SSSR count). The van der Waals surface area contributed by atoms with Crippen molar-refractivity contribution in [3.63, 3.8) is 0 Å². The summed E-state index contributed by atoms with van der Waals surface area (Å²) in [5.74, 6) is -0.798. The molecule has 1 unspecified atom stereocenters. The highest BCUT2D eigenvalue weighted by Gasteiger charge is 2.66. The molecule has 3 atom stereocenters. The van der Waals surface area contributed by atoms with Gasteiger partial charge in [0, 0.05) is 0 Å². The fraction of sp³-hybridized carbons (Fsp3) is 0.900. The van der Waals surface area contributed by atoms with Crippen LogP contribution in [0.1, 0.15) is 61.8 Å². The van der Waals surface area contributed by atoms with Gasteiger partial charge in [-0.2, -0.15) is 0 Å². The van der Waals surface area contributed by atoms with E-state index in [1.807, 2.05) is 18.4 Å². The van der Waals surface area contributed by atoms with Crippen LogP contribution in [-0.2, 0) is 14.0 Å². The Bertz CT molecular complexity index is 604. The number of carbonyl (C=O) groups is 2. The number of hydrogen-bond donors (Lipinski definition) is 1. The van der Waals surface area contributed by atoms with Gasteiger partial charge in [-0.3, -0.25) is 9.59 Å². The van der Waals surface area contributed by atoms with Gasteiger partial charge in [0.2, 0.25) is 5.91 Å². The van der Waals surface area contributed by atoms with E-state index < -0.39 is 27.9 Å². The van der Waals surface area contributed by atoms with Crippen LogP contribution in [0.25, 0.3) is 0 Å². The third-order valence-corrected chi connectivity index (χ3v) is 17.6. The van der Waals surface area contributed by atoms with E-state index in [1.165, 1.54) is 0 Å². The number of aliphatic carboxylic acids is 1. The van der Waals surface area contributed by atoms with Crippen molar-refractivity contribution in [2.45, 2.75) is 110 Å². The average molecular weight is 416 g/mol. The largest absolute Gasteiger partial charge is 0.481 e. The second-order valence-electron chi connectivity index (χ2n) is 11.4. The predicted molar refractivity (Wildman–Crippen MR) is 116 cm³/mol. The zero-order valence-corrected chi connectivity index (χ0v) is 21.5. The molecule has 1 saturated heterocycles. The van der Waals surface area contributed by atoms with Crippen LogP contribution < -0.4 is 0 Å². The summed E-state index contributed by atoms with van der Waals surface area (Å²) in [4.78, 5) is 25.1. The van der Waals surface area contributed by atoms with Crippen molar-refractivity contribution < 1.29 is 19.1 Å². The topological polar surface area (TPSA) is 66.8 Å².